The van der Waals surface area contributed by atoms with Crippen LogP contribution in [-0.4, -0.2) is 30.0 Å². The summed E-state index contributed by atoms with van der Waals surface area (Å²) in [6.45, 7) is 6.60. The largest absolute Gasteiger partial charge is 0.382 e. The van der Waals surface area contributed by atoms with E-state index in [0.717, 1.165) is 25.4 Å². The molecule has 0 atom stereocenters. The first-order valence-electron chi connectivity index (χ1n) is 5.59. The van der Waals surface area contributed by atoms with E-state index in [4.69, 9.17) is 10.5 Å². The SMILES string of the molecule is CC(C)CCOCCNc1ccc(N)nn1. The minimum atomic E-state index is 0.429. The van der Waals surface area contributed by atoms with Gasteiger partial charge in [-0.15, -0.1) is 10.2 Å². The molecule has 0 aliphatic carbocycles. The number of nitrogens with one attached hydrogen (secondary N) is 1. The van der Waals surface area contributed by atoms with Crippen LogP contribution >= 0.6 is 0 Å². The maximum Gasteiger partial charge on any atom is 0.148 e. The van der Waals surface area contributed by atoms with E-state index in [1.165, 1.54) is 0 Å². The molecule has 3 N–H and O–H groups in total. The normalized spacial score (nSPS) is 10.7. The van der Waals surface area contributed by atoms with Crippen LogP contribution < -0.4 is 11.1 Å². The summed E-state index contributed by atoms with van der Waals surface area (Å²) in [5.41, 5.74) is 5.42. The molecule has 90 valence electrons. The van der Waals surface area contributed by atoms with Gasteiger partial charge in [0.15, 0.2) is 0 Å². The Bertz CT molecular complexity index is 287. The molecule has 1 aromatic heterocycles. The molecule has 0 aliphatic rings. The van der Waals surface area contributed by atoms with Gasteiger partial charge in [-0.1, -0.05) is 13.8 Å². The average molecular weight is 224 g/mol. The number of ether oxygens (including phenoxy) is 1. The van der Waals surface area contributed by atoms with Crippen LogP contribution in [0, 0.1) is 5.92 Å². The van der Waals surface area contributed by atoms with Crippen LogP contribution in [0.1, 0.15) is 20.3 Å². The summed E-state index contributed by atoms with van der Waals surface area (Å²) in [5, 5.41) is 10.7. The molecule has 1 heterocycles. The molecular formula is C11H20N4O. The Morgan fingerprint density at radius 1 is 1.31 bits per heavy atom. The Morgan fingerprint density at radius 2 is 2.12 bits per heavy atom. The Morgan fingerprint density at radius 3 is 2.75 bits per heavy atom. The maximum atomic E-state index is 5.45. The third-order valence-corrected chi connectivity index (χ3v) is 2.08. The summed E-state index contributed by atoms with van der Waals surface area (Å²) in [7, 11) is 0. The zero-order valence-electron chi connectivity index (χ0n) is 9.94. The molecule has 0 aromatic carbocycles. The molecule has 0 spiro atoms. The van der Waals surface area contributed by atoms with Crippen LogP contribution in [0.5, 0.6) is 0 Å². The van der Waals surface area contributed by atoms with Gasteiger partial charge in [0.1, 0.15) is 11.6 Å². The van der Waals surface area contributed by atoms with Crippen molar-refractivity contribution in [2.75, 3.05) is 30.8 Å². The number of anilines is 2. The molecule has 1 aromatic rings. The Balaban J connectivity index is 2.05. The van der Waals surface area contributed by atoms with Gasteiger partial charge in [0.2, 0.25) is 0 Å². The zero-order valence-corrected chi connectivity index (χ0v) is 9.94. The summed E-state index contributed by atoms with van der Waals surface area (Å²) in [4.78, 5) is 0. The first-order valence-corrected chi connectivity index (χ1v) is 5.59. The average Bonchev–Trinajstić information content (AvgIpc) is 2.25. The summed E-state index contributed by atoms with van der Waals surface area (Å²) in [6.07, 6.45) is 1.10. The molecule has 0 saturated heterocycles. The van der Waals surface area contributed by atoms with Gasteiger partial charge in [0.05, 0.1) is 6.61 Å². The van der Waals surface area contributed by atoms with Crippen molar-refractivity contribution >= 4 is 11.6 Å². The fourth-order valence-electron chi connectivity index (χ4n) is 1.11. The van der Waals surface area contributed by atoms with E-state index in [0.29, 0.717) is 18.3 Å². The molecule has 1 rings (SSSR count). The lowest BCUT2D eigenvalue weighted by Gasteiger charge is -2.07. The number of rotatable bonds is 7. The summed E-state index contributed by atoms with van der Waals surface area (Å²) in [5.74, 6) is 1.84. The van der Waals surface area contributed by atoms with E-state index in [1.54, 1.807) is 12.1 Å². The lowest BCUT2D eigenvalue weighted by Crippen LogP contribution is -2.12. The summed E-state index contributed by atoms with van der Waals surface area (Å²) < 4.78 is 5.45. The van der Waals surface area contributed by atoms with Gasteiger partial charge < -0.3 is 15.8 Å². The van der Waals surface area contributed by atoms with Gasteiger partial charge in [-0.25, -0.2) is 0 Å². The highest BCUT2D eigenvalue weighted by Gasteiger charge is 1.95. The van der Waals surface area contributed by atoms with Gasteiger partial charge >= 0.3 is 0 Å². The van der Waals surface area contributed by atoms with Crippen molar-refractivity contribution in [2.24, 2.45) is 5.92 Å². The third kappa shape index (κ3) is 5.50. The highest BCUT2D eigenvalue weighted by Crippen LogP contribution is 2.02. The molecule has 0 bridgehead atoms. The minimum Gasteiger partial charge on any atom is -0.382 e. The van der Waals surface area contributed by atoms with Gasteiger partial charge in [0.25, 0.3) is 0 Å². The smallest absolute Gasteiger partial charge is 0.148 e. The maximum absolute atomic E-state index is 5.45. The summed E-state index contributed by atoms with van der Waals surface area (Å²) >= 11 is 0. The topological polar surface area (TPSA) is 73.1 Å². The van der Waals surface area contributed by atoms with Crippen LogP contribution in [0.15, 0.2) is 12.1 Å². The van der Waals surface area contributed by atoms with Crippen LogP contribution in [0.3, 0.4) is 0 Å². The third-order valence-electron chi connectivity index (χ3n) is 2.08. The molecule has 0 fully saturated rings. The van der Waals surface area contributed by atoms with E-state index in [2.05, 4.69) is 29.4 Å². The molecule has 0 amide bonds. The van der Waals surface area contributed by atoms with Crippen molar-refractivity contribution in [1.82, 2.24) is 10.2 Å². The Hall–Kier alpha value is -1.36. The van der Waals surface area contributed by atoms with E-state index in [9.17, 15) is 0 Å². The highest BCUT2D eigenvalue weighted by atomic mass is 16.5. The quantitative estimate of drug-likeness (QED) is 0.687. The second kappa shape index (κ2) is 7.00. The van der Waals surface area contributed by atoms with Gasteiger partial charge in [-0.3, -0.25) is 0 Å². The van der Waals surface area contributed by atoms with E-state index in [-0.39, 0.29) is 0 Å². The van der Waals surface area contributed by atoms with Crippen molar-refractivity contribution in [3.05, 3.63) is 12.1 Å². The molecule has 16 heavy (non-hydrogen) atoms. The summed E-state index contributed by atoms with van der Waals surface area (Å²) in [6, 6.07) is 3.52. The molecule has 0 unspecified atom stereocenters. The monoisotopic (exact) mass is 224 g/mol. The van der Waals surface area contributed by atoms with Crippen LogP contribution in [-0.2, 0) is 4.74 Å². The number of aromatic nitrogens is 2. The number of nitrogen functional groups attached to an aromatic ring is 1. The fraction of sp³-hybridized carbons (Fsp3) is 0.636. The van der Waals surface area contributed by atoms with E-state index < -0.39 is 0 Å². The first kappa shape index (κ1) is 12.7. The van der Waals surface area contributed by atoms with Crippen molar-refractivity contribution in [1.29, 1.82) is 0 Å². The number of nitrogens with zero attached hydrogens (tertiary/aromatic N) is 2. The van der Waals surface area contributed by atoms with Gasteiger partial charge in [-0.2, -0.15) is 0 Å². The fourth-order valence-corrected chi connectivity index (χ4v) is 1.11. The van der Waals surface area contributed by atoms with Crippen molar-refractivity contribution in [3.8, 4) is 0 Å². The molecule has 5 heteroatoms. The van der Waals surface area contributed by atoms with Crippen LogP contribution in [0.25, 0.3) is 0 Å². The Kier molecular flexibility index (Phi) is 5.56. The van der Waals surface area contributed by atoms with Gasteiger partial charge in [0, 0.05) is 13.2 Å². The van der Waals surface area contributed by atoms with Crippen LogP contribution in [0.2, 0.25) is 0 Å². The van der Waals surface area contributed by atoms with E-state index >= 15 is 0 Å². The van der Waals surface area contributed by atoms with Crippen LogP contribution in [0.4, 0.5) is 11.6 Å². The van der Waals surface area contributed by atoms with Crippen molar-refractivity contribution < 1.29 is 4.74 Å². The van der Waals surface area contributed by atoms with Crippen molar-refractivity contribution in [2.45, 2.75) is 20.3 Å². The lowest BCUT2D eigenvalue weighted by molar-refractivity contribution is 0.132. The molecule has 0 radical (unpaired) electrons. The lowest BCUT2D eigenvalue weighted by atomic mass is 10.1. The number of hydrogen-bond donors (Lipinski definition) is 2. The zero-order chi connectivity index (χ0) is 11.8. The predicted octanol–water partition coefficient (Wildman–Crippen LogP) is 1.53. The van der Waals surface area contributed by atoms with Crippen molar-refractivity contribution in [3.63, 3.8) is 0 Å². The minimum absolute atomic E-state index is 0.429. The number of nitrogens with two attached hydrogens (primary N) is 1. The Labute approximate surface area is 96.4 Å². The van der Waals surface area contributed by atoms with E-state index in [1.807, 2.05) is 0 Å². The molecule has 0 saturated carbocycles. The molecular weight excluding hydrogens is 204 g/mol. The number of hydrogen-bond acceptors (Lipinski definition) is 5. The predicted molar refractivity (Wildman–Crippen MR) is 65.2 cm³/mol. The van der Waals surface area contributed by atoms with Gasteiger partial charge in [-0.05, 0) is 24.5 Å². The molecule has 0 aliphatic heterocycles. The standard InChI is InChI=1S/C11H20N4O/c1-9(2)5-7-16-8-6-13-11-4-3-10(12)14-15-11/h3-4,9H,5-8H2,1-2H3,(H2,12,14)(H,13,15). The first-order chi connectivity index (χ1) is 7.68. The molecule has 5 nitrogen and oxygen atoms in total. The highest BCUT2D eigenvalue weighted by molar-refractivity contribution is 5.38. The second-order valence-electron chi connectivity index (χ2n) is 4.07. The second-order valence-corrected chi connectivity index (χ2v) is 4.07.